The number of carboxylic acid groups (broad SMARTS) is 1. The first-order chi connectivity index (χ1) is 16.0. The third-order valence-corrected chi connectivity index (χ3v) is 7.66. The second-order valence-electron chi connectivity index (χ2n) is 10.8. The molecule has 1 saturated carbocycles. The number of aromatic carboxylic acids is 1. The highest BCUT2D eigenvalue weighted by Crippen LogP contribution is 2.38. The summed E-state index contributed by atoms with van der Waals surface area (Å²) in [4.78, 5) is 43.7. The van der Waals surface area contributed by atoms with Gasteiger partial charge in [0.15, 0.2) is 0 Å². The molecule has 2 fully saturated rings. The molecule has 0 spiro atoms. The maximum atomic E-state index is 13.9. The maximum absolute atomic E-state index is 13.9. The van der Waals surface area contributed by atoms with Gasteiger partial charge in [-0.3, -0.25) is 14.5 Å². The van der Waals surface area contributed by atoms with Crippen molar-refractivity contribution in [3.05, 3.63) is 15.8 Å². The van der Waals surface area contributed by atoms with Crippen molar-refractivity contribution in [1.82, 2.24) is 4.90 Å². The van der Waals surface area contributed by atoms with E-state index < -0.39 is 12.0 Å². The highest BCUT2D eigenvalue weighted by molar-refractivity contribution is 7.15. The normalized spacial score (nSPS) is 23.3. The Bertz CT molecular complexity index is 971. The number of rotatable bonds is 6. The van der Waals surface area contributed by atoms with E-state index in [1.807, 2.05) is 32.6 Å². The van der Waals surface area contributed by atoms with Crippen molar-refractivity contribution in [3.63, 3.8) is 0 Å². The average Bonchev–Trinajstić information content (AvgIpc) is 3.19. The van der Waals surface area contributed by atoms with E-state index in [2.05, 4.69) is 18.8 Å². The second kappa shape index (κ2) is 10.9. The highest BCUT2D eigenvalue weighted by Gasteiger charge is 2.41. The van der Waals surface area contributed by atoms with Gasteiger partial charge in [0.05, 0.1) is 10.6 Å². The number of thiophene rings is 1. The van der Waals surface area contributed by atoms with Crippen molar-refractivity contribution >= 4 is 34.8 Å². The van der Waals surface area contributed by atoms with Crippen LogP contribution in [0, 0.1) is 29.1 Å². The summed E-state index contributed by atoms with van der Waals surface area (Å²) in [5.41, 5.74) is 0.0954. The van der Waals surface area contributed by atoms with Gasteiger partial charge < -0.3 is 10.0 Å². The molecule has 2 amide bonds. The lowest BCUT2D eigenvalue weighted by atomic mass is 9.82. The Morgan fingerprint density at radius 2 is 1.88 bits per heavy atom. The lowest BCUT2D eigenvalue weighted by molar-refractivity contribution is -0.137. The van der Waals surface area contributed by atoms with Crippen LogP contribution in [0.4, 0.5) is 5.69 Å². The van der Waals surface area contributed by atoms with Crippen molar-refractivity contribution < 1.29 is 19.5 Å². The van der Waals surface area contributed by atoms with Gasteiger partial charge in [-0.1, -0.05) is 25.7 Å². The molecule has 1 aromatic rings. The zero-order valence-corrected chi connectivity index (χ0v) is 22.0. The van der Waals surface area contributed by atoms with Crippen LogP contribution in [0.3, 0.4) is 0 Å². The zero-order chi connectivity index (χ0) is 25.0. The Morgan fingerprint density at radius 1 is 1.21 bits per heavy atom. The molecule has 0 bridgehead atoms. The summed E-state index contributed by atoms with van der Waals surface area (Å²) < 4.78 is 0. The molecule has 2 heterocycles. The number of likely N-dealkylation sites (tertiary alicyclic amines) is 1. The summed E-state index contributed by atoms with van der Waals surface area (Å²) in [6.07, 6.45) is 5.69. The van der Waals surface area contributed by atoms with Gasteiger partial charge in [0, 0.05) is 24.4 Å². The Labute approximate surface area is 207 Å². The SMILES string of the molecule is CCCN1CCC[C@H](N(C(=O)C2CCC(C)CC2)c2cc(C#CC(C)(C)C)sc2C(=O)O)C1=O. The van der Waals surface area contributed by atoms with Crippen LogP contribution in [-0.2, 0) is 9.59 Å². The number of carboxylic acids is 1. The molecule has 3 rings (SSSR count). The molecule has 1 saturated heterocycles. The Kier molecular flexibility index (Phi) is 8.46. The van der Waals surface area contributed by atoms with E-state index >= 15 is 0 Å². The number of carbonyl (C=O) groups is 3. The number of anilines is 1. The predicted octanol–water partition coefficient (Wildman–Crippen LogP) is 5.40. The third kappa shape index (κ3) is 6.21. The minimum absolute atomic E-state index is 0.0736. The van der Waals surface area contributed by atoms with Gasteiger partial charge in [-0.05, 0) is 77.7 Å². The van der Waals surface area contributed by atoms with E-state index in [4.69, 9.17) is 0 Å². The Hall–Kier alpha value is -2.33. The summed E-state index contributed by atoms with van der Waals surface area (Å²) in [7, 11) is 0. The molecule has 1 aliphatic heterocycles. The molecule has 6 nitrogen and oxygen atoms in total. The molecule has 0 unspecified atom stereocenters. The van der Waals surface area contributed by atoms with Gasteiger partial charge >= 0.3 is 5.97 Å². The molecule has 0 aromatic carbocycles. The average molecular weight is 487 g/mol. The van der Waals surface area contributed by atoms with Crippen LogP contribution in [-0.4, -0.2) is 46.9 Å². The Balaban J connectivity index is 2.07. The van der Waals surface area contributed by atoms with Gasteiger partial charge in [0.25, 0.3) is 0 Å². The molecule has 1 atom stereocenters. The largest absolute Gasteiger partial charge is 0.477 e. The van der Waals surface area contributed by atoms with Crippen molar-refractivity contribution in [3.8, 4) is 11.8 Å². The van der Waals surface area contributed by atoms with E-state index in [0.717, 1.165) is 49.9 Å². The van der Waals surface area contributed by atoms with Gasteiger partial charge in [0.2, 0.25) is 11.8 Å². The molecular weight excluding hydrogens is 448 g/mol. The molecule has 34 heavy (non-hydrogen) atoms. The molecule has 2 aliphatic rings. The third-order valence-electron chi connectivity index (χ3n) is 6.64. The summed E-state index contributed by atoms with van der Waals surface area (Å²) in [5, 5.41) is 10.0. The zero-order valence-electron chi connectivity index (χ0n) is 21.1. The number of piperidine rings is 1. The van der Waals surface area contributed by atoms with Crippen molar-refractivity contribution in [2.75, 3.05) is 18.0 Å². The van der Waals surface area contributed by atoms with Crippen LogP contribution in [0.1, 0.15) is 94.1 Å². The number of carbonyl (C=O) groups excluding carboxylic acids is 2. The highest BCUT2D eigenvalue weighted by atomic mass is 32.1. The molecule has 1 aromatic heterocycles. The summed E-state index contributed by atoms with van der Waals surface area (Å²) in [6, 6.07) is 1.05. The van der Waals surface area contributed by atoms with Crippen LogP contribution in [0.2, 0.25) is 0 Å². The molecule has 0 radical (unpaired) electrons. The van der Waals surface area contributed by atoms with Crippen LogP contribution < -0.4 is 4.90 Å². The quantitative estimate of drug-likeness (QED) is 0.546. The van der Waals surface area contributed by atoms with Gasteiger partial charge in [-0.15, -0.1) is 11.3 Å². The molecule has 7 heteroatoms. The van der Waals surface area contributed by atoms with Gasteiger partial charge in [-0.25, -0.2) is 4.79 Å². The monoisotopic (exact) mass is 486 g/mol. The van der Waals surface area contributed by atoms with Gasteiger partial charge in [0.1, 0.15) is 10.9 Å². The van der Waals surface area contributed by atoms with Crippen LogP contribution in [0.5, 0.6) is 0 Å². The van der Waals surface area contributed by atoms with Crippen molar-refractivity contribution in [2.24, 2.45) is 17.3 Å². The fraction of sp³-hybridized carbons (Fsp3) is 0.667. The predicted molar refractivity (Wildman–Crippen MR) is 136 cm³/mol. The first-order valence-corrected chi connectivity index (χ1v) is 13.4. The molecule has 1 aliphatic carbocycles. The summed E-state index contributed by atoms with van der Waals surface area (Å²) >= 11 is 1.09. The lowest BCUT2D eigenvalue weighted by Gasteiger charge is -2.40. The fourth-order valence-corrected chi connectivity index (χ4v) is 5.66. The molecular formula is C27H38N2O4S. The fourth-order valence-electron chi connectivity index (χ4n) is 4.82. The Morgan fingerprint density at radius 3 is 2.47 bits per heavy atom. The number of nitrogens with zero attached hydrogens (tertiary/aromatic N) is 2. The lowest BCUT2D eigenvalue weighted by Crippen LogP contribution is -2.56. The first-order valence-electron chi connectivity index (χ1n) is 12.5. The summed E-state index contributed by atoms with van der Waals surface area (Å²) in [6.45, 7) is 11.6. The van der Waals surface area contributed by atoms with E-state index in [0.29, 0.717) is 36.0 Å². The maximum Gasteiger partial charge on any atom is 0.348 e. The summed E-state index contributed by atoms with van der Waals surface area (Å²) in [5.74, 6) is 5.38. The smallest absolute Gasteiger partial charge is 0.348 e. The van der Waals surface area contributed by atoms with E-state index in [9.17, 15) is 19.5 Å². The van der Waals surface area contributed by atoms with Crippen LogP contribution in [0.25, 0.3) is 0 Å². The first kappa shape index (κ1) is 26.3. The minimum Gasteiger partial charge on any atom is -0.477 e. The van der Waals surface area contributed by atoms with Crippen molar-refractivity contribution in [2.45, 2.75) is 85.6 Å². The van der Waals surface area contributed by atoms with E-state index in [-0.39, 0.29) is 28.0 Å². The van der Waals surface area contributed by atoms with Crippen LogP contribution in [0.15, 0.2) is 6.07 Å². The van der Waals surface area contributed by atoms with E-state index in [1.165, 1.54) is 0 Å². The topological polar surface area (TPSA) is 77.9 Å². The standard InChI is InChI=1S/C27H38N2O4S/c1-6-15-28-16-7-8-21(25(28)31)29(24(30)19-11-9-18(2)10-12-19)22-17-20(13-14-27(3,4)5)34-23(22)26(32)33/h17-19,21H,6-12,15-16H2,1-5H3,(H,32,33)/t18?,19?,21-/m0/s1. The number of hydrogen-bond donors (Lipinski definition) is 1. The van der Waals surface area contributed by atoms with Crippen molar-refractivity contribution in [1.29, 1.82) is 0 Å². The molecule has 1 N–H and O–H groups in total. The van der Waals surface area contributed by atoms with Crippen LogP contribution >= 0.6 is 11.3 Å². The second-order valence-corrected chi connectivity index (χ2v) is 11.8. The number of hydrogen-bond acceptors (Lipinski definition) is 4. The van der Waals surface area contributed by atoms with E-state index in [1.54, 1.807) is 11.0 Å². The van der Waals surface area contributed by atoms with Gasteiger partial charge in [-0.2, -0.15) is 0 Å². The number of amides is 2. The molecule has 186 valence electrons. The minimum atomic E-state index is -1.09.